The van der Waals surface area contributed by atoms with Crippen LogP contribution in [0.15, 0.2) is 72.8 Å². The molecule has 0 aliphatic heterocycles. The molecule has 0 fully saturated rings. The predicted octanol–water partition coefficient (Wildman–Crippen LogP) is 6.77. The van der Waals surface area contributed by atoms with E-state index >= 15 is 0 Å². The number of aliphatic carboxylic acids is 1. The molecule has 0 saturated heterocycles. The molecule has 1 aromatic heterocycles. The quantitative estimate of drug-likeness (QED) is 0.200. The Kier molecular flexibility index (Phi) is 9.14. The van der Waals surface area contributed by atoms with Gasteiger partial charge in [0.15, 0.2) is 0 Å². The number of anilines is 2. The van der Waals surface area contributed by atoms with Gasteiger partial charge < -0.3 is 15.0 Å². The zero-order valence-electron chi connectivity index (χ0n) is 22.5. The molecule has 0 saturated carbocycles. The monoisotopic (exact) mass is 616 g/mol. The molecule has 8 nitrogen and oxygen atoms in total. The Hall–Kier alpha value is -4.07. The first-order valence-corrected chi connectivity index (χ1v) is 14.4. The number of rotatable bonds is 9. The highest BCUT2D eigenvalue weighted by atomic mass is 32.2. The molecule has 0 radical (unpaired) electrons. The van der Waals surface area contributed by atoms with Crippen LogP contribution in [-0.2, 0) is 22.2 Å². The number of halogens is 3. The standard InChI is InChI=1S/C29H26F3N3O5S2/c1-16(2)24(28(37)38)35(42(39)40)23-14-8-19(9-15-23)18-6-12-22(13-7-18)34-26(36)25-17(3)33-27(41-25)20-4-10-21(11-5-20)29(30,31)32/h4-16,24H,1-3H3,(H,34,36)(H,37,38)(H,39,40)/p-1. The van der Waals surface area contributed by atoms with Crippen LogP contribution in [-0.4, -0.2) is 36.8 Å². The molecule has 2 N–H and O–H groups in total. The number of carbonyl (C=O) groups is 2. The van der Waals surface area contributed by atoms with Crippen molar-refractivity contribution in [1.29, 1.82) is 0 Å². The first-order valence-electron chi connectivity index (χ1n) is 12.5. The van der Waals surface area contributed by atoms with Gasteiger partial charge in [-0.15, -0.1) is 11.3 Å². The Morgan fingerprint density at radius 2 is 1.48 bits per heavy atom. The van der Waals surface area contributed by atoms with Crippen molar-refractivity contribution in [1.82, 2.24) is 4.98 Å². The summed E-state index contributed by atoms with van der Waals surface area (Å²) in [6.07, 6.45) is -4.44. The van der Waals surface area contributed by atoms with Gasteiger partial charge in [0, 0.05) is 28.2 Å². The minimum Gasteiger partial charge on any atom is -0.755 e. The predicted molar refractivity (Wildman–Crippen MR) is 155 cm³/mol. The summed E-state index contributed by atoms with van der Waals surface area (Å²) >= 11 is -1.72. The highest BCUT2D eigenvalue weighted by molar-refractivity contribution is 7.80. The van der Waals surface area contributed by atoms with Crippen molar-refractivity contribution >= 4 is 45.9 Å². The van der Waals surface area contributed by atoms with E-state index in [1.165, 1.54) is 24.3 Å². The molecule has 0 aliphatic carbocycles. The number of hydrogen-bond donors (Lipinski definition) is 2. The minimum atomic E-state index is -4.44. The number of nitrogens with zero attached hydrogens (tertiary/aromatic N) is 2. The van der Waals surface area contributed by atoms with Crippen LogP contribution >= 0.6 is 11.3 Å². The fourth-order valence-electron chi connectivity index (χ4n) is 4.26. The minimum absolute atomic E-state index is 0.215. The molecule has 3 aromatic carbocycles. The fourth-order valence-corrected chi connectivity index (χ4v) is 6.04. The van der Waals surface area contributed by atoms with E-state index in [4.69, 9.17) is 0 Å². The molecule has 13 heteroatoms. The van der Waals surface area contributed by atoms with E-state index in [-0.39, 0.29) is 5.69 Å². The van der Waals surface area contributed by atoms with Gasteiger partial charge in [-0.2, -0.15) is 13.2 Å². The second kappa shape index (κ2) is 12.4. The number of benzene rings is 3. The van der Waals surface area contributed by atoms with Gasteiger partial charge in [0.25, 0.3) is 5.91 Å². The molecule has 2 unspecified atom stereocenters. The second-order valence-corrected chi connectivity index (χ2v) is 11.5. The number of carbonyl (C=O) groups excluding carboxylic acids is 1. The van der Waals surface area contributed by atoms with Crippen LogP contribution in [0.1, 0.15) is 34.8 Å². The van der Waals surface area contributed by atoms with Crippen LogP contribution < -0.4 is 9.62 Å². The number of aromatic nitrogens is 1. The van der Waals surface area contributed by atoms with Crippen LogP contribution in [0.5, 0.6) is 0 Å². The van der Waals surface area contributed by atoms with Gasteiger partial charge in [-0.3, -0.25) is 13.3 Å². The maximum absolute atomic E-state index is 12.9. The Bertz CT molecular complexity index is 1600. The van der Waals surface area contributed by atoms with Crippen LogP contribution in [0.2, 0.25) is 0 Å². The van der Waals surface area contributed by atoms with Crippen molar-refractivity contribution in [3.63, 3.8) is 0 Å². The number of carboxylic acids is 1. The van der Waals surface area contributed by atoms with Gasteiger partial charge in [0.05, 0.1) is 11.3 Å². The third-order valence-electron chi connectivity index (χ3n) is 6.36. The van der Waals surface area contributed by atoms with Gasteiger partial charge in [-0.1, -0.05) is 50.2 Å². The topological polar surface area (TPSA) is 123 Å². The summed E-state index contributed by atoms with van der Waals surface area (Å²) in [6.45, 7) is 4.90. The number of alkyl halides is 3. The first kappa shape index (κ1) is 30.9. The van der Waals surface area contributed by atoms with E-state index in [0.717, 1.165) is 38.9 Å². The van der Waals surface area contributed by atoms with Gasteiger partial charge in [-0.25, -0.2) is 9.78 Å². The van der Waals surface area contributed by atoms with Crippen molar-refractivity contribution in [2.24, 2.45) is 5.92 Å². The lowest BCUT2D eigenvalue weighted by molar-refractivity contribution is -0.139. The van der Waals surface area contributed by atoms with Gasteiger partial charge in [-0.05, 0) is 60.4 Å². The van der Waals surface area contributed by atoms with Crippen LogP contribution in [0.3, 0.4) is 0 Å². The molecule has 220 valence electrons. The van der Waals surface area contributed by atoms with E-state index in [1.54, 1.807) is 57.2 Å². The molecule has 0 aliphatic rings. The lowest BCUT2D eigenvalue weighted by Gasteiger charge is -2.34. The maximum atomic E-state index is 12.9. The molecule has 4 rings (SSSR count). The molecule has 0 spiro atoms. The number of carboxylic acid groups (broad SMARTS) is 1. The normalized spacial score (nSPS) is 13.0. The largest absolute Gasteiger partial charge is 0.755 e. The van der Waals surface area contributed by atoms with Gasteiger partial charge in [0.1, 0.15) is 15.9 Å². The third kappa shape index (κ3) is 6.86. The molecule has 1 heterocycles. The average Bonchev–Trinajstić information content (AvgIpc) is 3.33. The Morgan fingerprint density at radius 1 is 0.952 bits per heavy atom. The van der Waals surface area contributed by atoms with Gasteiger partial charge in [0.2, 0.25) is 0 Å². The third-order valence-corrected chi connectivity index (χ3v) is 8.32. The van der Waals surface area contributed by atoms with E-state index in [0.29, 0.717) is 26.8 Å². The highest BCUT2D eigenvalue weighted by Gasteiger charge is 2.31. The van der Waals surface area contributed by atoms with Crippen molar-refractivity contribution in [2.75, 3.05) is 9.62 Å². The Morgan fingerprint density at radius 3 is 1.95 bits per heavy atom. The first-order chi connectivity index (χ1) is 19.8. The average molecular weight is 617 g/mol. The SMILES string of the molecule is Cc1nc(-c2ccc(C(F)(F)F)cc2)sc1C(=O)Nc1ccc(-c2ccc(N(C(C(=O)O)C(C)C)S(=O)[O-])cc2)cc1. The summed E-state index contributed by atoms with van der Waals surface area (Å²) in [5.41, 5.74) is 2.37. The van der Waals surface area contributed by atoms with Crippen LogP contribution in [0.25, 0.3) is 21.7 Å². The smallest absolute Gasteiger partial charge is 0.416 e. The van der Waals surface area contributed by atoms with E-state index < -0.39 is 46.8 Å². The molecule has 2 atom stereocenters. The van der Waals surface area contributed by atoms with E-state index in [2.05, 4.69) is 10.3 Å². The van der Waals surface area contributed by atoms with Crippen LogP contribution in [0, 0.1) is 12.8 Å². The lowest BCUT2D eigenvalue weighted by Crippen LogP contribution is -2.45. The summed E-state index contributed by atoms with van der Waals surface area (Å²) in [5, 5.41) is 12.8. The molecular formula is C29H25F3N3O5S2-. The molecule has 4 aromatic rings. The Balaban J connectivity index is 1.47. The summed E-state index contributed by atoms with van der Waals surface area (Å²) in [4.78, 5) is 29.3. The van der Waals surface area contributed by atoms with Crippen molar-refractivity contribution in [3.8, 4) is 21.7 Å². The highest BCUT2D eigenvalue weighted by Crippen LogP contribution is 2.33. The molecule has 0 bridgehead atoms. The number of amides is 1. The van der Waals surface area contributed by atoms with Crippen molar-refractivity contribution in [3.05, 3.63) is 88.9 Å². The molecule has 1 amide bonds. The van der Waals surface area contributed by atoms with Crippen molar-refractivity contribution < 1.29 is 36.6 Å². The molecule has 42 heavy (non-hydrogen) atoms. The number of thiazole rings is 1. The van der Waals surface area contributed by atoms with E-state index in [1.807, 2.05) is 0 Å². The van der Waals surface area contributed by atoms with E-state index in [9.17, 15) is 36.6 Å². The number of hydrogen-bond acceptors (Lipinski definition) is 6. The van der Waals surface area contributed by atoms with Crippen molar-refractivity contribution in [2.45, 2.75) is 33.0 Å². The van der Waals surface area contributed by atoms with Crippen LogP contribution in [0.4, 0.5) is 24.5 Å². The fraction of sp³-hybridized carbons (Fsp3) is 0.207. The number of aryl methyl sites for hydroxylation is 1. The summed E-state index contributed by atoms with van der Waals surface area (Å²) in [7, 11) is 0. The second-order valence-electron chi connectivity index (χ2n) is 9.66. The Labute approximate surface area is 246 Å². The summed E-state index contributed by atoms with van der Waals surface area (Å²) in [6, 6.07) is 16.6. The summed E-state index contributed by atoms with van der Waals surface area (Å²) in [5.74, 6) is -2.13. The number of nitrogens with one attached hydrogen (secondary N) is 1. The summed E-state index contributed by atoms with van der Waals surface area (Å²) < 4.78 is 63.1. The zero-order valence-corrected chi connectivity index (χ0v) is 24.1. The maximum Gasteiger partial charge on any atom is 0.416 e. The molecular weight excluding hydrogens is 591 g/mol. The zero-order chi connectivity index (χ0) is 30.8. The van der Waals surface area contributed by atoms with Gasteiger partial charge >= 0.3 is 12.1 Å². The lowest BCUT2D eigenvalue weighted by atomic mass is 10.0.